The molecule has 0 aliphatic heterocycles. The van der Waals surface area contributed by atoms with Crippen LogP contribution in [0.2, 0.25) is 15.1 Å². The highest BCUT2D eigenvalue weighted by molar-refractivity contribution is 6.45. The molecule has 0 heterocycles. The number of carbonyl (C=O) groups is 1. The van der Waals surface area contributed by atoms with Crippen molar-refractivity contribution in [1.29, 1.82) is 0 Å². The Morgan fingerprint density at radius 1 is 1.29 bits per heavy atom. The number of hydrogen-bond donors (Lipinski definition) is 0. The molecule has 0 bridgehead atoms. The third-order valence-corrected chi connectivity index (χ3v) is 5.34. The second kappa shape index (κ2) is 7.71. The van der Waals surface area contributed by atoms with Crippen molar-refractivity contribution in [1.82, 2.24) is 0 Å². The summed E-state index contributed by atoms with van der Waals surface area (Å²) in [7, 11) is 0. The molecule has 0 radical (unpaired) electrons. The van der Waals surface area contributed by atoms with Gasteiger partial charge in [-0.25, -0.2) is 4.79 Å². The van der Waals surface area contributed by atoms with Crippen LogP contribution in [-0.4, -0.2) is 12.6 Å². The standard InChI is InChI=1S/C16H21Cl3O2/c1-5-16(4,10(2)3)6-7-21-15(20)12-8-11(17)9-13(18)14(12)19/h8-10H,5-7H2,1-4H3. The van der Waals surface area contributed by atoms with Gasteiger partial charge in [-0.05, 0) is 29.9 Å². The number of ether oxygens (including phenoxy) is 1. The molecule has 1 unspecified atom stereocenters. The van der Waals surface area contributed by atoms with Crippen LogP contribution in [0.1, 0.15) is 50.9 Å². The second-order valence-corrected chi connectivity index (χ2v) is 7.02. The zero-order valence-corrected chi connectivity index (χ0v) is 15.1. The van der Waals surface area contributed by atoms with Gasteiger partial charge in [0, 0.05) is 5.02 Å². The smallest absolute Gasteiger partial charge is 0.339 e. The van der Waals surface area contributed by atoms with E-state index in [4.69, 9.17) is 39.5 Å². The van der Waals surface area contributed by atoms with E-state index in [9.17, 15) is 4.79 Å². The van der Waals surface area contributed by atoms with Crippen molar-refractivity contribution >= 4 is 40.8 Å². The molecule has 0 aliphatic rings. The quantitative estimate of drug-likeness (QED) is 0.446. The molecule has 5 heteroatoms. The Morgan fingerprint density at radius 2 is 1.90 bits per heavy atom. The number of carbonyl (C=O) groups excluding carboxylic acids is 1. The molecule has 118 valence electrons. The van der Waals surface area contributed by atoms with E-state index in [-0.39, 0.29) is 21.0 Å². The maximum atomic E-state index is 12.1. The molecule has 1 atom stereocenters. The number of rotatable bonds is 6. The lowest BCUT2D eigenvalue weighted by molar-refractivity contribution is 0.0411. The average Bonchev–Trinajstić information content (AvgIpc) is 2.42. The molecular weight excluding hydrogens is 331 g/mol. The van der Waals surface area contributed by atoms with Gasteiger partial charge >= 0.3 is 5.97 Å². The minimum atomic E-state index is -0.494. The predicted octanol–water partition coefficient (Wildman–Crippen LogP) is 6.27. The zero-order chi connectivity index (χ0) is 16.2. The lowest BCUT2D eigenvalue weighted by Gasteiger charge is -2.32. The summed E-state index contributed by atoms with van der Waals surface area (Å²) in [6.45, 7) is 9.06. The van der Waals surface area contributed by atoms with Crippen molar-refractivity contribution in [2.75, 3.05) is 6.61 Å². The van der Waals surface area contributed by atoms with Crippen LogP contribution in [0.5, 0.6) is 0 Å². The summed E-state index contributed by atoms with van der Waals surface area (Å²) in [6, 6.07) is 2.97. The summed E-state index contributed by atoms with van der Waals surface area (Å²) in [5, 5.41) is 0.779. The van der Waals surface area contributed by atoms with Crippen molar-refractivity contribution in [2.24, 2.45) is 11.3 Å². The van der Waals surface area contributed by atoms with Gasteiger partial charge < -0.3 is 4.74 Å². The van der Waals surface area contributed by atoms with E-state index >= 15 is 0 Å². The average molecular weight is 352 g/mol. The molecule has 0 saturated carbocycles. The molecule has 2 nitrogen and oxygen atoms in total. The van der Waals surface area contributed by atoms with Gasteiger partial charge in [0.05, 0.1) is 22.2 Å². The Bertz CT molecular complexity index is 514. The molecule has 21 heavy (non-hydrogen) atoms. The van der Waals surface area contributed by atoms with E-state index in [1.807, 2.05) is 0 Å². The Labute approximate surface area is 141 Å². The molecule has 0 fully saturated rings. The highest BCUT2D eigenvalue weighted by atomic mass is 35.5. The largest absolute Gasteiger partial charge is 0.462 e. The predicted molar refractivity (Wildman–Crippen MR) is 89.6 cm³/mol. The molecule has 0 aromatic heterocycles. The molecule has 0 spiro atoms. The summed E-state index contributed by atoms with van der Waals surface area (Å²) >= 11 is 17.8. The first-order valence-corrected chi connectivity index (χ1v) is 8.16. The minimum Gasteiger partial charge on any atom is -0.462 e. The van der Waals surface area contributed by atoms with Crippen LogP contribution < -0.4 is 0 Å². The number of benzene rings is 1. The van der Waals surface area contributed by atoms with Crippen LogP contribution in [-0.2, 0) is 4.74 Å². The molecule has 0 saturated heterocycles. The maximum absolute atomic E-state index is 12.1. The lowest BCUT2D eigenvalue weighted by atomic mass is 9.74. The molecule has 1 aromatic carbocycles. The van der Waals surface area contributed by atoms with E-state index in [2.05, 4.69) is 27.7 Å². The van der Waals surface area contributed by atoms with Crippen LogP contribution in [0.4, 0.5) is 0 Å². The van der Waals surface area contributed by atoms with Crippen molar-refractivity contribution in [3.8, 4) is 0 Å². The van der Waals surface area contributed by atoms with E-state index < -0.39 is 5.97 Å². The normalized spacial score (nSPS) is 14.1. The van der Waals surface area contributed by atoms with Crippen LogP contribution in [0.15, 0.2) is 12.1 Å². The Morgan fingerprint density at radius 3 is 2.43 bits per heavy atom. The first-order chi connectivity index (χ1) is 9.71. The maximum Gasteiger partial charge on any atom is 0.339 e. The molecule has 1 rings (SSSR count). The fourth-order valence-electron chi connectivity index (χ4n) is 2.03. The summed E-state index contributed by atoms with van der Waals surface area (Å²) in [6.07, 6.45) is 1.84. The summed E-state index contributed by atoms with van der Waals surface area (Å²) in [4.78, 5) is 12.1. The van der Waals surface area contributed by atoms with Crippen LogP contribution >= 0.6 is 34.8 Å². The Kier molecular flexibility index (Phi) is 6.83. The monoisotopic (exact) mass is 350 g/mol. The van der Waals surface area contributed by atoms with Crippen molar-refractivity contribution < 1.29 is 9.53 Å². The van der Waals surface area contributed by atoms with Crippen LogP contribution in [0.25, 0.3) is 0 Å². The first-order valence-electron chi connectivity index (χ1n) is 7.03. The molecule has 0 amide bonds. The molecular formula is C16H21Cl3O2. The van der Waals surface area contributed by atoms with Crippen LogP contribution in [0.3, 0.4) is 0 Å². The Hall–Kier alpha value is -0.440. The van der Waals surface area contributed by atoms with Gasteiger partial charge in [-0.1, -0.05) is 68.9 Å². The fraction of sp³-hybridized carbons (Fsp3) is 0.562. The molecule has 0 aliphatic carbocycles. The van der Waals surface area contributed by atoms with Gasteiger partial charge in [0.1, 0.15) is 0 Å². The summed E-state index contributed by atoms with van der Waals surface area (Å²) in [5.74, 6) is 0.0250. The third-order valence-electron chi connectivity index (χ3n) is 4.32. The van der Waals surface area contributed by atoms with Crippen molar-refractivity contribution in [3.05, 3.63) is 32.8 Å². The van der Waals surface area contributed by atoms with Gasteiger partial charge in [0.15, 0.2) is 0 Å². The van der Waals surface area contributed by atoms with Gasteiger partial charge in [-0.2, -0.15) is 0 Å². The Balaban J connectivity index is 2.71. The third kappa shape index (κ3) is 4.77. The van der Waals surface area contributed by atoms with Gasteiger partial charge in [-0.3, -0.25) is 0 Å². The van der Waals surface area contributed by atoms with Gasteiger partial charge in [0.25, 0.3) is 0 Å². The SMILES string of the molecule is CCC(C)(CCOC(=O)c1cc(Cl)cc(Cl)c1Cl)C(C)C. The van der Waals surface area contributed by atoms with E-state index in [0.29, 0.717) is 17.5 Å². The minimum absolute atomic E-state index is 0.149. The number of halogens is 3. The van der Waals surface area contributed by atoms with Crippen molar-refractivity contribution in [3.63, 3.8) is 0 Å². The highest BCUT2D eigenvalue weighted by Gasteiger charge is 2.26. The zero-order valence-electron chi connectivity index (χ0n) is 12.8. The van der Waals surface area contributed by atoms with Gasteiger partial charge in [0.2, 0.25) is 0 Å². The molecule has 1 aromatic rings. The summed E-state index contributed by atoms with van der Waals surface area (Å²) < 4.78 is 5.33. The topological polar surface area (TPSA) is 26.3 Å². The van der Waals surface area contributed by atoms with Crippen molar-refractivity contribution in [2.45, 2.75) is 40.5 Å². The molecule has 0 N–H and O–H groups in total. The van der Waals surface area contributed by atoms with Crippen LogP contribution in [0, 0.1) is 11.3 Å². The second-order valence-electron chi connectivity index (χ2n) is 5.80. The first kappa shape index (κ1) is 18.6. The number of esters is 1. The van der Waals surface area contributed by atoms with E-state index in [0.717, 1.165) is 12.8 Å². The van der Waals surface area contributed by atoms with Gasteiger partial charge in [-0.15, -0.1) is 0 Å². The number of hydrogen-bond acceptors (Lipinski definition) is 2. The summed E-state index contributed by atoms with van der Waals surface area (Å²) in [5.41, 5.74) is 0.354. The van der Waals surface area contributed by atoms with E-state index in [1.54, 1.807) is 0 Å². The fourth-order valence-corrected chi connectivity index (χ4v) is 2.71. The van der Waals surface area contributed by atoms with E-state index in [1.165, 1.54) is 12.1 Å². The lowest BCUT2D eigenvalue weighted by Crippen LogP contribution is -2.25. The highest BCUT2D eigenvalue weighted by Crippen LogP contribution is 2.35.